The lowest BCUT2D eigenvalue weighted by molar-refractivity contribution is -0.149. The molecule has 0 aromatic heterocycles. The largest absolute Gasteiger partial charge is 0.468 e. The van der Waals surface area contributed by atoms with E-state index in [4.69, 9.17) is 4.74 Å². The SMILES string of the molecule is COC(=O)C(C)(CC(C)N1CCCC(C)C1)NC(C)C. The number of hydrogen-bond donors (Lipinski definition) is 1. The Morgan fingerprint density at radius 1 is 1.45 bits per heavy atom. The third-order valence-electron chi connectivity index (χ3n) is 4.26. The Morgan fingerprint density at radius 2 is 2.10 bits per heavy atom. The van der Waals surface area contributed by atoms with Crippen molar-refractivity contribution in [3.8, 4) is 0 Å². The maximum Gasteiger partial charge on any atom is 0.325 e. The van der Waals surface area contributed by atoms with Gasteiger partial charge in [-0.25, -0.2) is 0 Å². The summed E-state index contributed by atoms with van der Waals surface area (Å²) in [5, 5.41) is 3.39. The number of carbonyl (C=O) groups excluding carboxylic acids is 1. The highest BCUT2D eigenvalue weighted by Gasteiger charge is 2.38. The molecule has 0 spiro atoms. The van der Waals surface area contributed by atoms with E-state index < -0.39 is 5.54 Å². The van der Waals surface area contributed by atoms with Crippen molar-refractivity contribution in [1.82, 2.24) is 10.2 Å². The van der Waals surface area contributed by atoms with Crippen LogP contribution in [-0.2, 0) is 9.53 Å². The maximum atomic E-state index is 12.1. The van der Waals surface area contributed by atoms with E-state index in [1.807, 2.05) is 6.92 Å². The average Bonchev–Trinajstić information content (AvgIpc) is 2.36. The molecule has 0 aromatic carbocycles. The van der Waals surface area contributed by atoms with E-state index in [2.05, 4.69) is 37.9 Å². The van der Waals surface area contributed by atoms with Crippen molar-refractivity contribution in [1.29, 1.82) is 0 Å². The fourth-order valence-electron chi connectivity index (χ4n) is 3.41. The van der Waals surface area contributed by atoms with Gasteiger partial charge in [0, 0.05) is 18.6 Å². The average molecular weight is 284 g/mol. The minimum absolute atomic E-state index is 0.164. The Hall–Kier alpha value is -0.610. The molecule has 1 aliphatic heterocycles. The zero-order valence-electron chi connectivity index (χ0n) is 14.0. The molecule has 0 amide bonds. The molecule has 1 N–H and O–H groups in total. The summed E-state index contributed by atoms with van der Waals surface area (Å²) in [5.41, 5.74) is -0.608. The molecule has 3 atom stereocenters. The van der Waals surface area contributed by atoms with Crippen LogP contribution in [0.3, 0.4) is 0 Å². The normalized spacial score (nSPS) is 25.2. The first kappa shape index (κ1) is 17.4. The molecule has 1 fully saturated rings. The number of nitrogens with one attached hydrogen (secondary N) is 1. The van der Waals surface area contributed by atoms with Crippen LogP contribution in [0.5, 0.6) is 0 Å². The highest BCUT2D eigenvalue weighted by molar-refractivity contribution is 5.80. The van der Waals surface area contributed by atoms with E-state index in [0.717, 1.165) is 25.4 Å². The summed E-state index contributed by atoms with van der Waals surface area (Å²) < 4.78 is 5.01. The molecule has 0 bridgehead atoms. The molecule has 1 saturated heterocycles. The first-order chi connectivity index (χ1) is 9.28. The van der Waals surface area contributed by atoms with Crippen molar-refractivity contribution in [3.63, 3.8) is 0 Å². The molecule has 1 heterocycles. The highest BCUT2D eigenvalue weighted by atomic mass is 16.5. The van der Waals surface area contributed by atoms with Gasteiger partial charge in [-0.15, -0.1) is 0 Å². The van der Waals surface area contributed by atoms with Crippen molar-refractivity contribution < 1.29 is 9.53 Å². The van der Waals surface area contributed by atoms with Gasteiger partial charge in [-0.3, -0.25) is 10.1 Å². The fraction of sp³-hybridized carbons (Fsp3) is 0.938. The molecule has 1 aliphatic rings. The molecular weight excluding hydrogens is 252 g/mol. The van der Waals surface area contributed by atoms with Crippen LogP contribution in [0.25, 0.3) is 0 Å². The minimum Gasteiger partial charge on any atom is -0.468 e. The second-order valence-corrected chi connectivity index (χ2v) is 6.92. The first-order valence-corrected chi connectivity index (χ1v) is 7.88. The zero-order chi connectivity index (χ0) is 15.3. The summed E-state index contributed by atoms with van der Waals surface area (Å²) in [6, 6.07) is 0.639. The van der Waals surface area contributed by atoms with Gasteiger partial charge in [-0.1, -0.05) is 6.92 Å². The van der Waals surface area contributed by atoms with E-state index in [1.54, 1.807) is 0 Å². The summed E-state index contributed by atoms with van der Waals surface area (Å²) >= 11 is 0. The molecular formula is C16H32N2O2. The second kappa shape index (κ2) is 7.41. The van der Waals surface area contributed by atoms with Crippen molar-refractivity contribution in [2.45, 2.75) is 71.5 Å². The molecule has 0 saturated carbocycles. The Morgan fingerprint density at radius 3 is 2.60 bits per heavy atom. The van der Waals surface area contributed by atoms with Gasteiger partial charge in [0.15, 0.2) is 0 Å². The molecule has 4 heteroatoms. The summed E-state index contributed by atoms with van der Waals surface area (Å²) in [4.78, 5) is 14.7. The van der Waals surface area contributed by atoms with E-state index in [9.17, 15) is 4.79 Å². The Bertz CT molecular complexity index is 320. The van der Waals surface area contributed by atoms with Gasteiger partial charge in [-0.2, -0.15) is 0 Å². The molecule has 0 radical (unpaired) electrons. The zero-order valence-corrected chi connectivity index (χ0v) is 14.0. The summed E-state index contributed by atoms with van der Waals surface area (Å²) in [7, 11) is 1.47. The predicted molar refractivity (Wildman–Crippen MR) is 82.7 cm³/mol. The van der Waals surface area contributed by atoms with Gasteiger partial charge in [0.25, 0.3) is 0 Å². The van der Waals surface area contributed by atoms with Gasteiger partial charge in [-0.05, 0) is 59.4 Å². The topological polar surface area (TPSA) is 41.6 Å². The lowest BCUT2D eigenvalue weighted by atomic mass is 9.90. The molecule has 0 aromatic rings. The van der Waals surface area contributed by atoms with Crippen molar-refractivity contribution in [2.24, 2.45) is 5.92 Å². The van der Waals surface area contributed by atoms with Crippen LogP contribution in [0.1, 0.15) is 53.9 Å². The molecule has 0 aliphatic carbocycles. The van der Waals surface area contributed by atoms with Crippen LogP contribution in [0.4, 0.5) is 0 Å². The minimum atomic E-state index is -0.608. The number of nitrogens with zero attached hydrogens (tertiary/aromatic N) is 1. The Kier molecular flexibility index (Phi) is 6.46. The molecule has 4 nitrogen and oxygen atoms in total. The van der Waals surface area contributed by atoms with Crippen LogP contribution in [-0.4, -0.2) is 48.7 Å². The van der Waals surface area contributed by atoms with Crippen LogP contribution >= 0.6 is 0 Å². The lowest BCUT2D eigenvalue weighted by Gasteiger charge is -2.40. The number of carbonyl (C=O) groups is 1. The third kappa shape index (κ3) is 4.74. The smallest absolute Gasteiger partial charge is 0.325 e. The Balaban J connectivity index is 2.70. The van der Waals surface area contributed by atoms with Gasteiger partial charge < -0.3 is 9.64 Å². The van der Waals surface area contributed by atoms with Crippen LogP contribution in [0.2, 0.25) is 0 Å². The second-order valence-electron chi connectivity index (χ2n) is 6.92. The maximum absolute atomic E-state index is 12.1. The lowest BCUT2D eigenvalue weighted by Crippen LogP contribution is -2.56. The van der Waals surface area contributed by atoms with E-state index in [-0.39, 0.29) is 12.0 Å². The first-order valence-electron chi connectivity index (χ1n) is 7.88. The van der Waals surface area contributed by atoms with Crippen LogP contribution in [0.15, 0.2) is 0 Å². The Labute approximate surface area is 124 Å². The van der Waals surface area contributed by atoms with Gasteiger partial charge in [0.05, 0.1) is 7.11 Å². The van der Waals surface area contributed by atoms with E-state index >= 15 is 0 Å². The van der Waals surface area contributed by atoms with Gasteiger partial charge in [0.1, 0.15) is 5.54 Å². The van der Waals surface area contributed by atoms with E-state index in [0.29, 0.717) is 6.04 Å². The summed E-state index contributed by atoms with van der Waals surface area (Å²) in [5.74, 6) is 0.594. The number of methoxy groups -OCH3 is 1. The number of likely N-dealkylation sites (tertiary alicyclic amines) is 1. The quantitative estimate of drug-likeness (QED) is 0.761. The molecule has 3 unspecified atom stereocenters. The number of rotatable bonds is 6. The molecule has 118 valence electrons. The van der Waals surface area contributed by atoms with Gasteiger partial charge >= 0.3 is 5.97 Å². The van der Waals surface area contributed by atoms with Crippen molar-refractivity contribution in [2.75, 3.05) is 20.2 Å². The number of hydrogen-bond acceptors (Lipinski definition) is 4. The van der Waals surface area contributed by atoms with Crippen LogP contribution < -0.4 is 5.32 Å². The summed E-state index contributed by atoms with van der Waals surface area (Å²) in [6.07, 6.45) is 3.37. The molecule has 1 rings (SSSR count). The number of piperidine rings is 1. The number of esters is 1. The monoisotopic (exact) mass is 284 g/mol. The summed E-state index contributed by atoms with van der Waals surface area (Å²) in [6.45, 7) is 12.9. The molecule has 20 heavy (non-hydrogen) atoms. The highest BCUT2D eigenvalue weighted by Crippen LogP contribution is 2.23. The number of ether oxygens (including phenoxy) is 1. The van der Waals surface area contributed by atoms with Crippen molar-refractivity contribution in [3.05, 3.63) is 0 Å². The van der Waals surface area contributed by atoms with Crippen molar-refractivity contribution >= 4 is 5.97 Å². The third-order valence-corrected chi connectivity index (χ3v) is 4.26. The predicted octanol–water partition coefficient (Wildman–Crippen LogP) is 2.43. The van der Waals surface area contributed by atoms with E-state index in [1.165, 1.54) is 20.0 Å². The fourth-order valence-corrected chi connectivity index (χ4v) is 3.41. The van der Waals surface area contributed by atoms with Crippen LogP contribution in [0, 0.1) is 5.92 Å². The van der Waals surface area contributed by atoms with Gasteiger partial charge in [0.2, 0.25) is 0 Å². The standard InChI is InChI=1S/C16H32N2O2/c1-12(2)17-16(5,15(19)20-6)10-14(4)18-9-7-8-13(3)11-18/h12-14,17H,7-11H2,1-6H3.